The summed E-state index contributed by atoms with van der Waals surface area (Å²) in [4.78, 5) is 27.1. The predicted octanol–water partition coefficient (Wildman–Crippen LogP) is 3.03. The van der Waals surface area contributed by atoms with Gasteiger partial charge in [-0.2, -0.15) is 0 Å². The number of nitrogens with one attached hydrogen (secondary N) is 2. The first-order chi connectivity index (χ1) is 12.2. The highest BCUT2D eigenvalue weighted by atomic mass is 16.5. The largest absolute Gasteiger partial charge is 0.484 e. The monoisotopic (exact) mass is 334 g/mol. The number of anilines is 1. The number of rotatable bonds is 4. The lowest BCUT2D eigenvalue weighted by atomic mass is 10.1. The third kappa shape index (κ3) is 3.13. The molecule has 0 saturated carbocycles. The van der Waals surface area contributed by atoms with Crippen molar-refractivity contribution in [3.05, 3.63) is 70.0 Å². The van der Waals surface area contributed by atoms with E-state index in [1.807, 2.05) is 30.3 Å². The Morgan fingerprint density at radius 3 is 2.72 bits per heavy atom. The molecule has 25 heavy (non-hydrogen) atoms. The van der Waals surface area contributed by atoms with Gasteiger partial charge in [-0.05, 0) is 49.1 Å². The van der Waals surface area contributed by atoms with Gasteiger partial charge < -0.3 is 15.0 Å². The van der Waals surface area contributed by atoms with Crippen molar-refractivity contribution < 1.29 is 9.53 Å². The van der Waals surface area contributed by atoms with Crippen LogP contribution >= 0.6 is 0 Å². The molecule has 0 fully saturated rings. The second kappa shape index (κ2) is 6.43. The number of aromatic nitrogens is 1. The lowest BCUT2D eigenvalue weighted by Crippen LogP contribution is -2.20. The number of hydrogen-bond donors (Lipinski definition) is 2. The number of carbonyl (C=O) groups is 1. The Hall–Kier alpha value is -3.08. The van der Waals surface area contributed by atoms with E-state index in [9.17, 15) is 9.59 Å². The summed E-state index contributed by atoms with van der Waals surface area (Å²) in [5.74, 6) is 0.405. The van der Waals surface area contributed by atoms with Crippen LogP contribution in [0.5, 0.6) is 5.75 Å². The smallest absolute Gasteiger partial charge is 0.262 e. The van der Waals surface area contributed by atoms with Gasteiger partial charge in [0.2, 0.25) is 0 Å². The van der Waals surface area contributed by atoms with Crippen LogP contribution in [0.15, 0.2) is 53.3 Å². The van der Waals surface area contributed by atoms with E-state index in [2.05, 4.69) is 10.3 Å². The van der Waals surface area contributed by atoms with Crippen LogP contribution in [0.3, 0.4) is 0 Å². The summed E-state index contributed by atoms with van der Waals surface area (Å²) in [7, 11) is 0. The van der Waals surface area contributed by atoms with Gasteiger partial charge in [-0.15, -0.1) is 0 Å². The Morgan fingerprint density at radius 2 is 1.88 bits per heavy atom. The molecule has 1 aromatic heterocycles. The molecule has 4 rings (SSSR count). The van der Waals surface area contributed by atoms with E-state index in [4.69, 9.17) is 4.74 Å². The number of fused-ring (bicyclic) bond motifs is 3. The van der Waals surface area contributed by atoms with Crippen LogP contribution in [-0.4, -0.2) is 17.5 Å². The fourth-order valence-electron chi connectivity index (χ4n) is 3.34. The average Bonchev–Trinajstić information content (AvgIpc) is 3.11. The number of para-hydroxylation sites is 1. The Kier molecular flexibility index (Phi) is 3.98. The molecule has 1 heterocycles. The molecule has 0 bridgehead atoms. The van der Waals surface area contributed by atoms with Crippen LogP contribution in [0.25, 0.3) is 10.9 Å². The van der Waals surface area contributed by atoms with Crippen LogP contribution < -0.4 is 15.6 Å². The Morgan fingerprint density at radius 1 is 1.08 bits per heavy atom. The highest BCUT2D eigenvalue weighted by Gasteiger charge is 2.18. The number of benzene rings is 2. The molecule has 0 saturated heterocycles. The summed E-state index contributed by atoms with van der Waals surface area (Å²) in [5, 5.41) is 3.87. The van der Waals surface area contributed by atoms with E-state index < -0.39 is 0 Å². The summed E-state index contributed by atoms with van der Waals surface area (Å²) >= 11 is 0. The van der Waals surface area contributed by atoms with Crippen LogP contribution in [-0.2, 0) is 17.6 Å². The number of carbonyl (C=O) groups excluding carboxylic acids is 1. The van der Waals surface area contributed by atoms with Gasteiger partial charge in [0, 0.05) is 16.6 Å². The van der Waals surface area contributed by atoms with Crippen LogP contribution in [0.2, 0.25) is 0 Å². The van der Waals surface area contributed by atoms with Crippen molar-refractivity contribution in [2.24, 2.45) is 0 Å². The molecule has 0 atom stereocenters. The molecule has 2 N–H and O–H groups in total. The number of aromatic amines is 1. The maximum Gasteiger partial charge on any atom is 0.262 e. The van der Waals surface area contributed by atoms with Crippen molar-refractivity contribution >= 4 is 22.5 Å². The maximum absolute atomic E-state index is 12.2. The Labute approximate surface area is 144 Å². The third-order valence-corrected chi connectivity index (χ3v) is 4.48. The first kappa shape index (κ1) is 15.4. The molecule has 1 aliphatic rings. The molecule has 126 valence electrons. The van der Waals surface area contributed by atoms with Crippen LogP contribution in [0.1, 0.15) is 17.5 Å². The van der Waals surface area contributed by atoms with Crippen LogP contribution in [0, 0.1) is 0 Å². The number of pyridine rings is 1. The first-order valence-corrected chi connectivity index (χ1v) is 8.36. The molecule has 2 aromatic carbocycles. The number of H-pyrrole nitrogens is 1. The normalized spacial score (nSPS) is 12.8. The van der Waals surface area contributed by atoms with E-state index in [1.54, 1.807) is 18.2 Å². The molecule has 5 nitrogen and oxygen atoms in total. The van der Waals surface area contributed by atoms with E-state index in [0.717, 1.165) is 41.3 Å². The van der Waals surface area contributed by atoms with Crippen molar-refractivity contribution in [1.29, 1.82) is 0 Å². The third-order valence-electron chi connectivity index (χ3n) is 4.48. The molecular weight excluding hydrogens is 316 g/mol. The lowest BCUT2D eigenvalue weighted by molar-refractivity contribution is -0.118. The number of hydrogen-bond acceptors (Lipinski definition) is 3. The summed E-state index contributed by atoms with van der Waals surface area (Å²) < 4.78 is 5.44. The second-order valence-corrected chi connectivity index (χ2v) is 6.18. The maximum atomic E-state index is 12.2. The SMILES string of the molecule is O=C(COc1ccccc1)Nc1ccc2c3c(c(=O)[nH]c2c1)CCC3. The molecule has 0 unspecified atom stereocenters. The van der Waals surface area contributed by atoms with Gasteiger partial charge in [0.05, 0.1) is 5.52 Å². The molecule has 3 aromatic rings. The van der Waals surface area contributed by atoms with Gasteiger partial charge in [-0.3, -0.25) is 9.59 Å². The highest BCUT2D eigenvalue weighted by molar-refractivity contribution is 5.95. The summed E-state index contributed by atoms with van der Waals surface area (Å²) in [6, 6.07) is 14.8. The van der Waals surface area contributed by atoms with Gasteiger partial charge in [0.15, 0.2) is 6.61 Å². The summed E-state index contributed by atoms with van der Waals surface area (Å²) in [6.07, 6.45) is 2.80. The number of aryl methyl sites for hydroxylation is 1. The number of amides is 1. The topological polar surface area (TPSA) is 71.2 Å². The first-order valence-electron chi connectivity index (χ1n) is 8.36. The standard InChI is InChI=1S/C20H18N2O3/c23-19(12-25-14-5-2-1-3-6-14)21-13-9-10-16-15-7-4-8-17(15)20(24)22-18(16)11-13/h1-3,5-6,9-11H,4,7-8,12H2,(H,21,23)(H,22,24). The fourth-order valence-corrected chi connectivity index (χ4v) is 3.34. The molecule has 1 amide bonds. The molecule has 5 heteroatoms. The second-order valence-electron chi connectivity index (χ2n) is 6.18. The van der Waals surface area contributed by atoms with E-state index >= 15 is 0 Å². The lowest BCUT2D eigenvalue weighted by Gasteiger charge is -2.10. The van der Waals surface area contributed by atoms with Crippen molar-refractivity contribution in [1.82, 2.24) is 4.98 Å². The average molecular weight is 334 g/mol. The van der Waals surface area contributed by atoms with Gasteiger partial charge in [0.25, 0.3) is 11.5 Å². The Bertz CT molecular complexity index is 993. The summed E-state index contributed by atoms with van der Waals surface area (Å²) in [5.41, 5.74) is 3.43. The zero-order valence-electron chi connectivity index (χ0n) is 13.7. The summed E-state index contributed by atoms with van der Waals surface area (Å²) in [6.45, 7) is -0.0667. The van der Waals surface area contributed by atoms with Gasteiger partial charge in [-0.25, -0.2) is 0 Å². The zero-order valence-corrected chi connectivity index (χ0v) is 13.7. The Balaban J connectivity index is 1.51. The van der Waals surface area contributed by atoms with Crippen molar-refractivity contribution in [2.75, 3.05) is 11.9 Å². The fraction of sp³-hybridized carbons (Fsp3) is 0.200. The van der Waals surface area contributed by atoms with Crippen molar-refractivity contribution in [2.45, 2.75) is 19.3 Å². The van der Waals surface area contributed by atoms with E-state index in [1.165, 1.54) is 0 Å². The van der Waals surface area contributed by atoms with Gasteiger partial charge in [0.1, 0.15) is 5.75 Å². The zero-order chi connectivity index (χ0) is 17.2. The number of ether oxygens (including phenoxy) is 1. The van der Waals surface area contributed by atoms with Crippen molar-refractivity contribution in [3.63, 3.8) is 0 Å². The van der Waals surface area contributed by atoms with Crippen molar-refractivity contribution in [3.8, 4) is 5.75 Å². The predicted molar refractivity (Wildman–Crippen MR) is 97.2 cm³/mol. The molecule has 0 radical (unpaired) electrons. The van der Waals surface area contributed by atoms with Gasteiger partial charge in [-0.1, -0.05) is 24.3 Å². The minimum absolute atomic E-state index is 0.0177. The quantitative estimate of drug-likeness (QED) is 0.770. The highest BCUT2D eigenvalue weighted by Crippen LogP contribution is 2.27. The molecule has 0 aliphatic heterocycles. The molecule has 0 spiro atoms. The molecule has 1 aliphatic carbocycles. The van der Waals surface area contributed by atoms with E-state index in [0.29, 0.717) is 11.4 Å². The van der Waals surface area contributed by atoms with Crippen LogP contribution in [0.4, 0.5) is 5.69 Å². The minimum Gasteiger partial charge on any atom is -0.484 e. The van der Waals surface area contributed by atoms with E-state index in [-0.39, 0.29) is 18.1 Å². The minimum atomic E-state index is -0.244. The molecular formula is C20H18N2O3. The van der Waals surface area contributed by atoms with Gasteiger partial charge >= 0.3 is 0 Å².